The van der Waals surface area contributed by atoms with Crippen molar-refractivity contribution in [2.75, 3.05) is 7.11 Å². The molecule has 0 spiro atoms. The molecule has 2 heteroatoms. The molecule has 0 radical (unpaired) electrons. The van der Waals surface area contributed by atoms with E-state index in [4.69, 9.17) is 9.69 Å². The zero-order chi connectivity index (χ0) is 8.10. The Kier molecular flexibility index (Phi) is 2.40. The van der Waals surface area contributed by atoms with Gasteiger partial charge in [-0.25, -0.2) is 0 Å². The molecular weight excluding hydrogens is 138 g/mol. The second kappa shape index (κ2) is 3.52. The molecule has 11 heavy (non-hydrogen) atoms. The largest absolute Gasteiger partial charge is 0.343 e. The van der Waals surface area contributed by atoms with E-state index < -0.39 is 0 Å². The molecule has 54 valence electrons. The maximum Gasteiger partial charge on any atom is 0.343 e. The van der Waals surface area contributed by atoms with Crippen molar-refractivity contribution in [2.45, 2.75) is 0 Å². The van der Waals surface area contributed by atoms with Crippen molar-refractivity contribution >= 4 is 5.78 Å². The van der Waals surface area contributed by atoms with E-state index in [1.54, 1.807) is 7.11 Å². The van der Waals surface area contributed by atoms with Crippen LogP contribution >= 0.6 is 0 Å². The number of allylic oxidation sites excluding steroid dienone is 6. The lowest BCUT2D eigenvalue weighted by Gasteiger charge is -1.91. The van der Waals surface area contributed by atoms with Gasteiger partial charge in [0, 0.05) is 18.2 Å². The highest BCUT2D eigenvalue weighted by Gasteiger charge is 2.04. The molecule has 0 amide bonds. The fraction of sp³-hybridized carbons (Fsp3) is 0.111. The van der Waals surface area contributed by atoms with Crippen LogP contribution in [0.4, 0.5) is 0 Å². The van der Waals surface area contributed by atoms with Gasteiger partial charge in [-0.3, -0.25) is 4.42 Å². The molecule has 2 nitrogen and oxygen atoms in total. The lowest BCUT2D eigenvalue weighted by Crippen LogP contribution is -1.95. The van der Waals surface area contributed by atoms with Gasteiger partial charge in [0.1, 0.15) is 0 Å². The molecular formula is C9H8NO+. The Balaban J connectivity index is 2.82. The Morgan fingerprint density at radius 2 is 2.00 bits per heavy atom. The smallest absolute Gasteiger partial charge is 0.258 e. The molecule has 0 atom stereocenters. The topological polar surface area (TPSA) is 35.1 Å². The van der Waals surface area contributed by atoms with Crippen LogP contribution in [0.1, 0.15) is 0 Å². The summed E-state index contributed by atoms with van der Waals surface area (Å²) in [5, 5.41) is 8.31. The summed E-state index contributed by atoms with van der Waals surface area (Å²) in [6.07, 6.45) is 8.80. The minimum absolute atomic E-state index is 0.806. The fourth-order valence-corrected chi connectivity index (χ4v) is 0.775. The molecule has 0 aromatic heterocycles. The molecule has 1 aliphatic rings. The molecule has 0 saturated carbocycles. The number of nitriles is 1. The van der Waals surface area contributed by atoms with Crippen molar-refractivity contribution in [3.05, 3.63) is 36.0 Å². The minimum Gasteiger partial charge on any atom is -0.258 e. The molecule has 0 N–H and O–H groups in total. The first kappa shape index (κ1) is 7.49. The van der Waals surface area contributed by atoms with E-state index in [0.717, 1.165) is 11.4 Å². The standard InChI is InChI=1S/C9H8NO/c1-11-9-4-2-8(3-5-9)6-7-10/h2-6H,1H3/q+1. The summed E-state index contributed by atoms with van der Waals surface area (Å²) < 4.78 is 4.95. The van der Waals surface area contributed by atoms with E-state index in [2.05, 4.69) is 0 Å². The van der Waals surface area contributed by atoms with Crippen molar-refractivity contribution in [3.8, 4) is 6.07 Å². The van der Waals surface area contributed by atoms with Crippen LogP contribution in [0.3, 0.4) is 0 Å². The van der Waals surface area contributed by atoms with E-state index in [9.17, 15) is 0 Å². The molecule has 0 aromatic rings. The van der Waals surface area contributed by atoms with Crippen molar-refractivity contribution in [1.29, 1.82) is 5.26 Å². The third kappa shape index (κ3) is 1.91. The summed E-state index contributed by atoms with van der Waals surface area (Å²) in [6.45, 7) is 0. The summed E-state index contributed by atoms with van der Waals surface area (Å²) in [5.74, 6) is 0.806. The van der Waals surface area contributed by atoms with Gasteiger partial charge < -0.3 is 0 Å². The number of nitrogens with zero attached hydrogens (tertiary/aromatic N) is 1. The van der Waals surface area contributed by atoms with E-state index in [1.165, 1.54) is 6.08 Å². The van der Waals surface area contributed by atoms with Gasteiger partial charge in [0.25, 0.3) is 7.11 Å². The first-order valence-corrected chi connectivity index (χ1v) is 3.23. The van der Waals surface area contributed by atoms with Crippen LogP contribution in [-0.4, -0.2) is 12.9 Å². The van der Waals surface area contributed by atoms with E-state index >= 15 is 0 Å². The van der Waals surface area contributed by atoms with Crippen LogP contribution < -0.4 is 0 Å². The van der Waals surface area contributed by atoms with Gasteiger partial charge >= 0.3 is 5.78 Å². The molecule has 0 unspecified atom stereocenters. The van der Waals surface area contributed by atoms with Gasteiger partial charge in [-0.15, -0.1) is 0 Å². The summed E-state index contributed by atoms with van der Waals surface area (Å²) in [6, 6.07) is 1.96. The van der Waals surface area contributed by atoms with Gasteiger partial charge in [0.05, 0.1) is 6.07 Å². The zero-order valence-corrected chi connectivity index (χ0v) is 6.24. The second-order valence-electron chi connectivity index (χ2n) is 2.05. The normalized spacial score (nSPS) is 14.5. The van der Waals surface area contributed by atoms with Crippen LogP contribution in [0.25, 0.3) is 0 Å². The number of rotatable bonds is 0. The first-order chi connectivity index (χ1) is 5.36. The monoisotopic (exact) mass is 146 g/mol. The summed E-state index contributed by atoms with van der Waals surface area (Å²) in [5.41, 5.74) is 0.897. The molecule has 0 heterocycles. The Morgan fingerprint density at radius 3 is 2.45 bits per heavy atom. The Bertz CT molecular complexity index is 282. The maximum absolute atomic E-state index is 8.31. The van der Waals surface area contributed by atoms with E-state index in [1.807, 2.05) is 30.4 Å². The molecule has 0 fully saturated rings. The molecule has 1 rings (SSSR count). The fourth-order valence-electron chi connectivity index (χ4n) is 0.775. The van der Waals surface area contributed by atoms with Crippen molar-refractivity contribution < 1.29 is 4.42 Å². The van der Waals surface area contributed by atoms with Crippen LogP contribution in [0, 0.1) is 11.3 Å². The van der Waals surface area contributed by atoms with Crippen molar-refractivity contribution in [1.82, 2.24) is 0 Å². The highest BCUT2D eigenvalue weighted by molar-refractivity contribution is 6.01. The van der Waals surface area contributed by atoms with Gasteiger partial charge in [-0.2, -0.15) is 5.26 Å². The van der Waals surface area contributed by atoms with E-state index in [-0.39, 0.29) is 0 Å². The minimum atomic E-state index is 0.806. The van der Waals surface area contributed by atoms with Crippen molar-refractivity contribution in [2.24, 2.45) is 0 Å². The van der Waals surface area contributed by atoms with Crippen LogP contribution in [0.5, 0.6) is 0 Å². The lowest BCUT2D eigenvalue weighted by atomic mass is 10.1. The van der Waals surface area contributed by atoms with Crippen LogP contribution in [0.15, 0.2) is 36.0 Å². The maximum atomic E-state index is 8.31. The van der Waals surface area contributed by atoms with Gasteiger partial charge in [0.2, 0.25) is 0 Å². The van der Waals surface area contributed by atoms with Crippen molar-refractivity contribution in [3.63, 3.8) is 0 Å². The predicted molar refractivity (Wildman–Crippen MR) is 42.9 cm³/mol. The quantitative estimate of drug-likeness (QED) is 0.374. The molecule has 0 saturated heterocycles. The first-order valence-electron chi connectivity index (χ1n) is 3.23. The van der Waals surface area contributed by atoms with Gasteiger partial charge in [-0.05, 0) is 17.7 Å². The Hall–Kier alpha value is -1.62. The van der Waals surface area contributed by atoms with Crippen LogP contribution in [0.2, 0.25) is 0 Å². The third-order valence-electron chi connectivity index (χ3n) is 1.35. The SMILES string of the molecule is C[O+]=C1C=CC(=CC#N)C=C1. The van der Waals surface area contributed by atoms with Crippen LogP contribution in [-0.2, 0) is 4.42 Å². The average molecular weight is 146 g/mol. The predicted octanol–water partition coefficient (Wildman–Crippen LogP) is 1.30. The number of ketones is 1. The molecule has 0 bridgehead atoms. The second-order valence-corrected chi connectivity index (χ2v) is 2.05. The van der Waals surface area contributed by atoms with E-state index in [0.29, 0.717) is 0 Å². The lowest BCUT2D eigenvalue weighted by molar-refractivity contribution is -0.417. The molecule has 1 aliphatic carbocycles. The zero-order valence-electron chi connectivity index (χ0n) is 6.24. The number of hydrogen-bond acceptors (Lipinski definition) is 1. The van der Waals surface area contributed by atoms with Gasteiger partial charge in [-0.1, -0.05) is 0 Å². The highest BCUT2D eigenvalue weighted by atomic mass is 16.4. The average Bonchev–Trinajstić information content (AvgIpc) is 2.07. The third-order valence-corrected chi connectivity index (χ3v) is 1.35. The summed E-state index contributed by atoms with van der Waals surface area (Å²) in [4.78, 5) is 0. The Morgan fingerprint density at radius 1 is 1.36 bits per heavy atom. The molecule has 0 aromatic carbocycles. The Labute approximate surface area is 65.5 Å². The number of hydrogen-bond donors (Lipinski definition) is 0. The number of carbonyl (C=O) groups excluding carboxylic acids is 1. The summed E-state index contributed by atoms with van der Waals surface area (Å²) in [7, 11) is 1.61. The molecule has 0 aliphatic heterocycles. The highest BCUT2D eigenvalue weighted by Crippen LogP contribution is 2.04. The summed E-state index contributed by atoms with van der Waals surface area (Å²) >= 11 is 0. The van der Waals surface area contributed by atoms with Gasteiger partial charge in [0.15, 0.2) is 0 Å².